The number of carbonyl (C=O) groups is 2. The number of para-hydroxylation sites is 1. The summed E-state index contributed by atoms with van der Waals surface area (Å²) in [4.78, 5) is 23.7. The fourth-order valence-corrected chi connectivity index (χ4v) is 2.00. The van der Waals surface area contributed by atoms with E-state index in [2.05, 4.69) is 15.4 Å². The lowest BCUT2D eigenvalue weighted by Crippen LogP contribution is -2.49. The van der Waals surface area contributed by atoms with Crippen LogP contribution in [0.3, 0.4) is 0 Å². The van der Waals surface area contributed by atoms with Crippen LogP contribution in [0.4, 0.5) is 18.0 Å². The van der Waals surface area contributed by atoms with E-state index in [4.69, 9.17) is 4.74 Å². The normalized spacial score (nSPS) is 12.4. The average Bonchev–Trinajstić information content (AvgIpc) is 2.50. The van der Waals surface area contributed by atoms with Crippen molar-refractivity contribution in [2.24, 2.45) is 5.92 Å². The lowest BCUT2D eigenvalue weighted by atomic mass is 10.0. The third-order valence-electron chi connectivity index (χ3n) is 3.15. The van der Waals surface area contributed by atoms with Crippen LogP contribution in [0, 0.1) is 5.92 Å². The van der Waals surface area contributed by atoms with E-state index in [1.165, 1.54) is 18.2 Å². The number of halogens is 3. The summed E-state index contributed by atoms with van der Waals surface area (Å²) in [5, 5.41) is 4.92. The molecule has 0 spiro atoms. The van der Waals surface area contributed by atoms with Gasteiger partial charge in [-0.2, -0.15) is 0 Å². The van der Waals surface area contributed by atoms with Crippen LogP contribution in [0.5, 0.6) is 5.75 Å². The van der Waals surface area contributed by atoms with E-state index in [0.717, 1.165) is 6.07 Å². The second-order valence-electron chi connectivity index (χ2n) is 5.46. The zero-order valence-corrected chi connectivity index (χ0v) is 14.1. The van der Waals surface area contributed by atoms with Gasteiger partial charge >= 0.3 is 12.5 Å². The Morgan fingerprint density at radius 1 is 1.20 bits per heavy atom. The van der Waals surface area contributed by atoms with Crippen molar-refractivity contribution in [3.8, 4) is 5.75 Å². The number of amides is 2. The van der Waals surface area contributed by atoms with Crippen LogP contribution >= 0.6 is 0 Å². The number of rotatable bonds is 7. The molecule has 0 aromatic heterocycles. The molecule has 1 aromatic carbocycles. The Hall–Kier alpha value is -2.45. The molecule has 0 unspecified atom stereocenters. The Kier molecular flexibility index (Phi) is 7.53. The van der Waals surface area contributed by atoms with Crippen molar-refractivity contribution in [2.75, 3.05) is 6.61 Å². The minimum absolute atomic E-state index is 0.153. The monoisotopic (exact) mass is 362 g/mol. The van der Waals surface area contributed by atoms with E-state index in [1.807, 2.05) is 0 Å². The van der Waals surface area contributed by atoms with Crippen molar-refractivity contribution in [2.45, 2.75) is 39.7 Å². The second-order valence-corrected chi connectivity index (χ2v) is 5.46. The van der Waals surface area contributed by atoms with Crippen molar-refractivity contribution in [1.82, 2.24) is 10.6 Å². The molecule has 140 valence electrons. The molecule has 0 heterocycles. The van der Waals surface area contributed by atoms with Gasteiger partial charge in [0, 0.05) is 12.1 Å². The largest absolute Gasteiger partial charge is 0.573 e. The first-order valence-electron chi connectivity index (χ1n) is 7.68. The Bertz CT molecular complexity index is 591. The number of benzene rings is 1. The van der Waals surface area contributed by atoms with Crippen LogP contribution in [-0.2, 0) is 16.1 Å². The minimum Gasteiger partial charge on any atom is -0.450 e. The molecular formula is C16H21F3N2O4. The Morgan fingerprint density at radius 3 is 2.40 bits per heavy atom. The predicted octanol–water partition coefficient (Wildman–Crippen LogP) is 2.97. The smallest absolute Gasteiger partial charge is 0.450 e. The van der Waals surface area contributed by atoms with Gasteiger partial charge in [0.25, 0.3) is 0 Å². The van der Waals surface area contributed by atoms with Crippen molar-refractivity contribution in [3.05, 3.63) is 29.8 Å². The molecule has 6 nitrogen and oxygen atoms in total. The first kappa shape index (κ1) is 20.6. The highest BCUT2D eigenvalue weighted by atomic mass is 19.4. The lowest BCUT2D eigenvalue weighted by Gasteiger charge is -2.21. The quantitative estimate of drug-likeness (QED) is 0.782. The van der Waals surface area contributed by atoms with E-state index in [-0.39, 0.29) is 24.6 Å². The standard InChI is InChI=1S/C16H21F3N2O4/c1-4-24-15(23)21-13(10(2)3)14(22)20-9-11-7-5-6-8-12(11)25-16(17,18)19/h5-8,10,13H,4,9H2,1-3H3,(H,20,22)(H,21,23)/t13-/m1/s1. The van der Waals surface area contributed by atoms with Gasteiger partial charge in [-0.3, -0.25) is 4.79 Å². The number of ether oxygens (including phenoxy) is 2. The molecule has 9 heteroatoms. The maximum Gasteiger partial charge on any atom is 0.573 e. The number of alkyl carbamates (subject to hydrolysis) is 1. The summed E-state index contributed by atoms with van der Waals surface area (Å²) in [5.41, 5.74) is 0.159. The molecule has 2 N–H and O–H groups in total. The maximum atomic E-state index is 12.4. The maximum absolute atomic E-state index is 12.4. The molecule has 0 aliphatic heterocycles. The van der Waals surface area contributed by atoms with Crippen molar-refractivity contribution < 1.29 is 32.2 Å². The van der Waals surface area contributed by atoms with Gasteiger partial charge < -0.3 is 20.1 Å². The predicted molar refractivity (Wildman–Crippen MR) is 83.8 cm³/mol. The van der Waals surface area contributed by atoms with Crippen molar-refractivity contribution >= 4 is 12.0 Å². The summed E-state index contributed by atoms with van der Waals surface area (Å²) < 4.78 is 45.9. The zero-order chi connectivity index (χ0) is 19.0. The van der Waals surface area contributed by atoms with E-state index in [1.54, 1.807) is 20.8 Å². The van der Waals surface area contributed by atoms with Crippen LogP contribution in [0.2, 0.25) is 0 Å². The minimum atomic E-state index is -4.83. The third-order valence-corrected chi connectivity index (χ3v) is 3.15. The van der Waals surface area contributed by atoms with Gasteiger partial charge in [0.1, 0.15) is 11.8 Å². The summed E-state index contributed by atoms with van der Waals surface area (Å²) in [6.45, 7) is 5.04. The Balaban J connectivity index is 2.75. The Morgan fingerprint density at radius 2 is 1.84 bits per heavy atom. The molecule has 1 atom stereocenters. The number of nitrogens with one attached hydrogen (secondary N) is 2. The fourth-order valence-electron chi connectivity index (χ4n) is 2.00. The molecule has 0 saturated heterocycles. The summed E-state index contributed by atoms with van der Waals surface area (Å²) in [6, 6.07) is 4.61. The molecule has 2 amide bonds. The van der Waals surface area contributed by atoms with Gasteiger partial charge in [-0.25, -0.2) is 4.79 Å². The van der Waals surface area contributed by atoms with Gasteiger partial charge in [-0.1, -0.05) is 32.0 Å². The van der Waals surface area contributed by atoms with Crippen LogP contribution in [-0.4, -0.2) is 31.0 Å². The topological polar surface area (TPSA) is 76.7 Å². The third kappa shape index (κ3) is 7.32. The molecule has 1 rings (SSSR count). The van der Waals surface area contributed by atoms with Gasteiger partial charge in [0.2, 0.25) is 5.91 Å². The van der Waals surface area contributed by atoms with Crippen molar-refractivity contribution in [1.29, 1.82) is 0 Å². The fraction of sp³-hybridized carbons (Fsp3) is 0.500. The summed E-state index contributed by atoms with van der Waals surface area (Å²) in [5.74, 6) is -1.18. The molecular weight excluding hydrogens is 341 g/mol. The highest BCUT2D eigenvalue weighted by Crippen LogP contribution is 2.26. The van der Waals surface area contributed by atoms with Crippen LogP contribution in [0.25, 0.3) is 0 Å². The summed E-state index contributed by atoms with van der Waals surface area (Å²) in [6.07, 6.45) is -5.57. The van der Waals surface area contributed by atoms with E-state index in [9.17, 15) is 22.8 Å². The first-order valence-corrected chi connectivity index (χ1v) is 7.68. The molecule has 0 aliphatic carbocycles. The summed E-state index contributed by atoms with van der Waals surface area (Å²) in [7, 11) is 0. The Labute approximate surface area is 143 Å². The van der Waals surface area contributed by atoms with Crippen molar-refractivity contribution in [3.63, 3.8) is 0 Å². The lowest BCUT2D eigenvalue weighted by molar-refractivity contribution is -0.274. The number of alkyl halides is 3. The molecule has 0 aliphatic rings. The SMILES string of the molecule is CCOC(=O)N[C@@H](C(=O)NCc1ccccc1OC(F)(F)F)C(C)C. The molecule has 25 heavy (non-hydrogen) atoms. The molecule has 0 saturated carbocycles. The molecule has 0 radical (unpaired) electrons. The van der Waals surface area contributed by atoms with Gasteiger partial charge in [-0.15, -0.1) is 13.2 Å². The van der Waals surface area contributed by atoms with Gasteiger partial charge in [0.05, 0.1) is 6.61 Å². The highest BCUT2D eigenvalue weighted by Gasteiger charge is 2.32. The van der Waals surface area contributed by atoms with Gasteiger partial charge in [0.15, 0.2) is 0 Å². The van der Waals surface area contributed by atoms with Gasteiger partial charge in [-0.05, 0) is 18.9 Å². The summed E-state index contributed by atoms with van der Waals surface area (Å²) >= 11 is 0. The molecule has 0 fully saturated rings. The van der Waals surface area contributed by atoms with Crippen LogP contribution in [0.15, 0.2) is 24.3 Å². The molecule has 1 aromatic rings. The van der Waals surface area contributed by atoms with Crippen LogP contribution in [0.1, 0.15) is 26.3 Å². The van der Waals surface area contributed by atoms with E-state index >= 15 is 0 Å². The number of hydrogen-bond donors (Lipinski definition) is 2. The zero-order valence-electron chi connectivity index (χ0n) is 14.1. The number of hydrogen-bond acceptors (Lipinski definition) is 4. The van der Waals surface area contributed by atoms with E-state index in [0.29, 0.717) is 0 Å². The second kappa shape index (κ2) is 9.14. The van der Waals surface area contributed by atoms with E-state index < -0.39 is 30.2 Å². The average molecular weight is 362 g/mol. The molecule has 0 bridgehead atoms. The first-order chi connectivity index (χ1) is 11.6. The van der Waals surface area contributed by atoms with Crippen LogP contribution < -0.4 is 15.4 Å². The number of carbonyl (C=O) groups excluding carboxylic acids is 2. The highest BCUT2D eigenvalue weighted by molar-refractivity contribution is 5.85.